The summed E-state index contributed by atoms with van der Waals surface area (Å²) in [6, 6.07) is 4.20. The molecule has 0 aliphatic carbocycles. The molecule has 6 heteroatoms. The van der Waals surface area contributed by atoms with Gasteiger partial charge in [-0.05, 0) is 26.0 Å². The van der Waals surface area contributed by atoms with Gasteiger partial charge in [0.25, 0.3) is 0 Å². The van der Waals surface area contributed by atoms with Crippen molar-refractivity contribution in [2.75, 3.05) is 23.9 Å². The van der Waals surface area contributed by atoms with E-state index < -0.39 is 15.7 Å². The second kappa shape index (κ2) is 6.04. The number of sulfone groups is 1. The standard InChI is InChI=1S/C12H18FNO3S/c1-4-17-12-6-5-10(7-11(12)13)14-9(2)8-18(3,15)16/h5-7,9,14H,4,8H2,1-3H3. The van der Waals surface area contributed by atoms with E-state index in [2.05, 4.69) is 5.32 Å². The Labute approximate surface area is 107 Å². The Morgan fingerprint density at radius 3 is 2.61 bits per heavy atom. The summed E-state index contributed by atoms with van der Waals surface area (Å²) in [5.41, 5.74) is 0.534. The van der Waals surface area contributed by atoms with Crippen molar-refractivity contribution in [1.29, 1.82) is 0 Å². The van der Waals surface area contributed by atoms with Crippen molar-refractivity contribution in [2.24, 2.45) is 0 Å². The van der Waals surface area contributed by atoms with Crippen molar-refractivity contribution in [3.05, 3.63) is 24.0 Å². The zero-order valence-corrected chi connectivity index (χ0v) is 11.6. The summed E-state index contributed by atoms with van der Waals surface area (Å²) in [7, 11) is -3.05. The molecule has 1 rings (SSSR count). The number of benzene rings is 1. The van der Waals surface area contributed by atoms with E-state index in [1.165, 1.54) is 18.4 Å². The molecule has 102 valence electrons. The van der Waals surface area contributed by atoms with Crippen molar-refractivity contribution in [1.82, 2.24) is 0 Å². The maximum absolute atomic E-state index is 13.5. The monoisotopic (exact) mass is 275 g/mol. The largest absolute Gasteiger partial charge is 0.491 e. The summed E-state index contributed by atoms with van der Waals surface area (Å²) in [6.07, 6.45) is 1.17. The van der Waals surface area contributed by atoms with Gasteiger partial charge in [-0.15, -0.1) is 0 Å². The van der Waals surface area contributed by atoms with Crippen molar-refractivity contribution in [3.8, 4) is 5.75 Å². The average Bonchev–Trinajstić information content (AvgIpc) is 2.19. The average molecular weight is 275 g/mol. The van der Waals surface area contributed by atoms with E-state index in [1.54, 1.807) is 19.9 Å². The minimum absolute atomic E-state index is 0.00182. The van der Waals surface area contributed by atoms with Crippen LogP contribution in [-0.4, -0.2) is 33.1 Å². The molecule has 0 saturated heterocycles. The van der Waals surface area contributed by atoms with E-state index in [0.29, 0.717) is 12.3 Å². The van der Waals surface area contributed by atoms with Crippen molar-refractivity contribution in [3.63, 3.8) is 0 Å². The van der Waals surface area contributed by atoms with Gasteiger partial charge in [0.2, 0.25) is 0 Å². The first-order valence-electron chi connectivity index (χ1n) is 5.68. The van der Waals surface area contributed by atoms with Crippen LogP contribution in [0.4, 0.5) is 10.1 Å². The molecule has 0 aliphatic heterocycles. The Balaban J connectivity index is 2.71. The van der Waals surface area contributed by atoms with E-state index in [9.17, 15) is 12.8 Å². The lowest BCUT2D eigenvalue weighted by molar-refractivity contribution is 0.321. The summed E-state index contributed by atoms with van der Waals surface area (Å²) in [4.78, 5) is 0. The van der Waals surface area contributed by atoms with Crippen LogP contribution in [0.15, 0.2) is 18.2 Å². The molecule has 0 spiro atoms. The number of nitrogens with one attached hydrogen (secondary N) is 1. The van der Waals surface area contributed by atoms with E-state index in [0.717, 1.165) is 0 Å². The second-order valence-corrected chi connectivity index (χ2v) is 6.40. The number of hydrogen-bond donors (Lipinski definition) is 1. The van der Waals surface area contributed by atoms with Crippen LogP contribution in [0.5, 0.6) is 5.75 Å². The molecule has 0 heterocycles. The van der Waals surface area contributed by atoms with Gasteiger partial charge in [0, 0.05) is 24.1 Å². The molecule has 18 heavy (non-hydrogen) atoms. The van der Waals surface area contributed by atoms with Crippen LogP contribution in [0.2, 0.25) is 0 Å². The van der Waals surface area contributed by atoms with Gasteiger partial charge < -0.3 is 10.1 Å². The third-order valence-electron chi connectivity index (χ3n) is 2.20. The number of hydrogen-bond acceptors (Lipinski definition) is 4. The van der Waals surface area contributed by atoms with Gasteiger partial charge in [-0.25, -0.2) is 12.8 Å². The van der Waals surface area contributed by atoms with Gasteiger partial charge in [0.1, 0.15) is 9.84 Å². The Morgan fingerprint density at radius 2 is 2.11 bits per heavy atom. The van der Waals surface area contributed by atoms with E-state index in [4.69, 9.17) is 4.74 Å². The highest BCUT2D eigenvalue weighted by atomic mass is 32.2. The molecule has 0 bridgehead atoms. The predicted molar refractivity (Wildman–Crippen MR) is 70.4 cm³/mol. The van der Waals surface area contributed by atoms with Crippen LogP contribution < -0.4 is 10.1 Å². The van der Waals surface area contributed by atoms with Crippen LogP contribution in [-0.2, 0) is 9.84 Å². The van der Waals surface area contributed by atoms with Crippen molar-refractivity contribution in [2.45, 2.75) is 19.9 Å². The first kappa shape index (κ1) is 14.8. The minimum atomic E-state index is -3.05. The molecule has 1 N–H and O–H groups in total. The number of anilines is 1. The maximum atomic E-state index is 13.5. The van der Waals surface area contributed by atoms with Gasteiger partial charge in [0.05, 0.1) is 12.4 Å². The van der Waals surface area contributed by atoms with Gasteiger partial charge in [-0.1, -0.05) is 0 Å². The van der Waals surface area contributed by atoms with E-state index in [1.807, 2.05) is 0 Å². The van der Waals surface area contributed by atoms with Gasteiger partial charge in [-0.2, -0.15) is 0 Å². The number of ether oxygens (including phenoxy) is 1. The third-order valence-corrected chi connectivity index (χ3v) is 3.30. The van der Waals surface area contributed by atoms with Crippen molar-refractivity contribution < 1.29 is 17.5 Å². The summed E-state index contributed by atoms with van der Waals surface area (Å²) in [6.45, 7) is 3.91. The zero-order valence-electron chi connectivity index (χ0n) is 10.7. The zero-order chi connectivity index (χ0) is 13.8. The molecule has 4 nitrogen and oxygen atoms in total. The topological polar surface area (TPSA) is 55.4 Å². The minimum Gasteiger partial charge on any atom is -0.491 e. The Kier molecular flexibility index (Phi) is 4.95. The quantitative estimate of drug-likeness (QED) is 0.863. The highest BCUT2D eigenvalue weighted by Crippen LogP contribution is 2.21. The van der Waals surface area contributed by atoms with Crippen LogP contribution in [0.1, 0.15) is 13.8 Å². The van der Waals surface area contributed by atoms with Crippen LogP contribution in [0.3, 0.4) is 0 Å². The SMILES string of the molecule is CCOc1ccc(NC(C)CS(C)(=O)=O)cc1F. The molecule has 0 aromatic heterocycles. The molecule has 1 aromatic rings. The maximum Gasteiger partial charge on any atom is 0.167 e. The predicted octanol–water partition coefficient (Wildman–Crippen LogP) is 2.07. The highest BCUT2D eigenvalue weighted by molar-refractivity contribution is 7.90. The summed E-state index contributed by atoms with van der Waals surface area (Å²) < 4.78 is 40.8. The molecule has 1 unspecified atom stereocenters. The fourth-order valence-corrected chi connectivity index (χ4v) is 2.64. The fourth-order valence-electron chi connectivity index (χ4n) is 1.64. The molecule has 0 amide bonds. The molecule has 0 aliphatic rings. The van der Waals surface area contributed by atoms with Crippen LogP contribution >= 0.6 is 0 Å². The summed E-state index contributed by atoms with van der Waals surface area (Å²) in [5.74, 6) is -0.269. The second-order valence-electron chi connectivity index (χ2n) is 4.22. The molecule has 0 fully saturated rings. The molecular formula is C12H18FNO3S. The lowest BCUT2D eigenvalue weighted by atomic mass is 10.2. The van der Waals surface area contributed by atoms with Gasteiger partial charge in [0.15, 0.2) is 11.6 Å². The van der Waals surface area contributed by atoms with E-state index in [-0.39, 0.29) is 17.5 Å². The smallest absolute Gasteiger partial charge is 0.167 e. The van der Waals surface area contributed by atoms with Crippen molar-refractivity contribution >= 4 is 15.5 Å². The lowest BCUT2D eigenvalue weighted by Gasteiger charge is -2.15. The van der Waals surface area contributed by atoms with E-state index >= 15 is 0 Å². The molecule has 1 aromatic carbocycles. The highest BCUT2D eigenvalue weighted by Gasteiger charge is 2.11. The Bertz CT molecular complexity index is 502. The molecular weight excluding hydrogens is 257 g/mol. The van der Waals surface area contributed by atoms with Crippen LogP contribution in [0.25, 0.3) is 0 Å². The summed E-state index contributed by atoms with van der Waals surface area (Å²) in [5, 5.41) is 2.93. The third kappa shape index (κ3) is 4.91. The normalized spacial score (nSPS) is 13.1. The molecule has 0 saturated carbocycles. The number of halogens is 1. The summed E-state index contributed by atoms with van der Waals surface area (Å²) >= 11 is 0. The van der Waals surface area contributed by atoms with Crippen LogP contribution in [0, 0.1) is 5.82 Å². The number of rotatable bonds is 6. The molecule has 0 radical (unpaired) electrons. The Hall–Kier alpha value is -1.30. The first-order valence-corrected chi connectivity index (χ1v) is 7.74. The lowest BCUT2D eigenvalue weighted by Crippen LogP contribution is -2.25. The van der Waals surface area contributed by atoms with Gasteiger partial charge >= 0.3 is 0 Å². The van der Waals surface area contributed by atoms with Gasteiger partial charge in [-0.3, -0.25) is 0 Å². The fraction of sp³-hybridized carbons (Fsp3) is 0.500. The molecule has 1 atom stereocenters. The first-order chi connectivity index (χ1) is 8.31. The Morgan fingerprint density at radius 1 is 1.44 bits per heavy atom.